The van der Waals surface area contributed by atoms with Gasteiger partial charge in [-0.1, -0.05) is 6.92 Å². The number of Topliss-reactive ketones (excluding diaryl/α,β-unsaturated/α-hetero) is 1. The largest absolute Gasteiger partial charge is 0.507 e. The van der Waals surface area contributed by atoms with Crippen molar-refractivity contribution in [1.82, 2.24) is 0 Å². The summed E-state index contributed by atoms with van der Waals surface area (Å²) in [6.07, 6.45) is 0.912. The van der Waals surface area contributed by atoms with Crippen molar-refractivity contribution in [3.63, 3.8) is 0 Å². The monoisotopic (exact) mass is 209 g/mol. The van der Waals surface area contributed by atoms with E-state index in [0.717, 1.165) is 6.42 Å². The van der Waals surface area contributed by atoms with Crippen molar-refractivity contribution in [2.45, 2.75) is 20.3 Å². The number of anilines is 1. The van der Waals surface area contributed by atoms with Crippen molar-refractivity contribution in [3.05, 3.63) is 17.7 Å². The molecule has 0 bridgehead atoms. The number of carbonyl (C=O) groups is 1. The Balaban J connectivity index is 3.11. The number of ketones is 1. The standard InChI is InChI=1S/C11H15NO3/c1-3-6-12-8-4-5-9(14)10(7(2)13)11(8)15/h4-5,12,14-15H,3,6H2,1-2H3. The molecular formula is C11H15NO3. The van der Waals surface area contributed by atoms with Gasteiger partial charge in [0.15, 0.2) is 11.5 Å². The van der Waals surface area contributed by atoms with Crippen LogP contribution in [0, 0.1) is 0 Å². The predicted octanol–water partition coefficient (Wildman–Crippen LogP) is 2.12. The molecule has 0 atom stereocenters. The van der Waals surface area contributed by atoms with Crippen LogP contribution in [-0.4, -0.2) is 22.5 Å². The highest BCUT2D eigenvalue weighted by Gasteiger charge is 2.15. The van der Waals surface area contributed by atoms with Gasteiger partial charge >= 0.3 is 0 Å². The number of carbonyl (C=O) groups excluding carboxylic acids is 1. The lowest BCUT2D eigenvalue weighted by Crippen LogP contribution is -2.02. The summed E-state index contributed by atoms with van der Waals surface area (Å²) < 4.78 is 0. The molecule has 15 heavy (non-hydrogen) atoms. The number of phenolic OH excluding ortho intramolecular Hbond substituents is 2. The maximum atomic E-state index is 11.2. The van der Waals surface area contributed by atoms with E-state index in [4.69, 9.17) is 0 Å². The fourth-order valence-electron chi connectivity index (χ4n) is 1.33. The average Bonchev–Trinajstić information content (AvgIpc) is 2.16. The van der Waals surface area contributed by atoms with Crippen LogP contribution in [0.4, 0.5) is 5.69 Å². The normalized spacial score (nSPS) is 10.0. The lowest BCUT2D eigenvalue weighted by atomic mass is 10.1. The van der Waals surface area contributed by atoms with E-state index in [2.05, 4.69) is 5.32 Å². The van der Waals surface area contributed by atoms with E-state index in [9.17, 15) is 15.0 Å². The fraction of sp³-hybridized carbons (Fsp3) is 0.364. The summed E-state index contributed by atoms with van der Waals surface area (Å²) in [6.45, 7) is 4.00. The van der Waals surface area contributed by atoms with E-state index in [1.54, 1.807) is 6.07 Å². The highest BCUT2D eigenvalue weighted by atomic mass is 16.3. The molecule has 1 rings (SSSR count). The second-order valence-corrected chi connectivity index (χ2v) is 3.34. The van der Waals surface area contributed by atoms with Gasteiger partial charge in [0.25, 0.3) is 0 Å². The van der Waals surface area contributed by atoms with Crippen molar-refractivity contribution in [2.24, 2.45) is 0 Å². The van der Waals surface area contributed by atoms with Crippen molar-refractivity contribution in [2.75, 3.05) is 11.9 Å². The van der Waals surface area contributed by atoms with Crippen molar-refractivity contribution in [1.29, 1.82) is 0 Å². The van der Waals surface area contributed by atoms with Crippen LogP contribution in [0.5, 0.6) is 11.5 Å². The summed E-state index contributed by atoms with van der Waals surface area (Å²) in [7, 11) is 0. The van der Waals surface area contributed by atoms with Crippen LogP contribution < -0.4 is 5.32 Å². The lowest BCUT2D eigenvalue weighted by Gasteiger charge is -2.10. The first-order valence-electron chi connectivity index (χ1n) is 4.87. The van der Waals surface area contributed by atoms with Gasteiger partial charge in [-0.15, -0.1) is 0 Å². The van der Waals surface area contributed by atoms with Gasteiger partial charge in [-0.05, 0) is 25.5 Å². The number of phenols is 2. The van der Waals surface area contributed by atoms with Gasteiger partial charge in [0.1, 0.15) is 11.3 Å². The molecule has 0 fully saturated rings. The van der Waals surface area contributed by atoms with E-state index in [-0.39, 0.29) is 22.8 Å². The Morgan fingerprint density at radius 2 is 2.07 bits per heavy atom. The minimum absolute atomic E-state index is 0.0314. The Morgan fingerprint density at radius 3 is 2.60 bits per heavy atom. The van der Waals surface area contributed by atoms with E-state index < -0.39 is 0 Å². The molecule has 0 saturated carbocycles. The number of aromatic hydroxyl groups is 2. The minimum atomic E-state index is -0.356. The molecule has 1 aromatic carbocycles. The van der Waals surface area contributed by atoms with E-state index in [1.807, 2.05) is 6.92 Å². The maximum absolute atomic E-state index is 11.2. The Kier molecular flexibility index (Phi) is 3.55. The fourth-order valence-corrected chi connectivity index (χ4v) is 1.33. The molecule has 0 aliphatic rings. The van der Waals surface area contributed by atoms with Crippen LogP contribution in [-0.2, 0) is 0 Å². The molecule has 0 radical (unpaired) electrons. The smallest absolute Gasteiger partial charge is 0.167 e. The third-order valence-electron chi connectivity index (χ3n) is 2.07. The Labute approximate surface area is 88.6 Å². The predicted molar refractivity (Wildman–Crippen MR) is 58.6 cm³/mol. The van der Waals surface area contributed by atoms with Gasteiger partial charge in [0.2, 0.25) is 0 Å². The third-order valence-corrected chi connectivity index (χ3v) is 2.07. The number of hydrogen-bond donors (Lipinski definition) is 3. The quantitative estimate of drug-likeness (QED) is 0.403. The molecule has 0 aliphatic heterocycles. The van der Waals surface area contributed by atoms with Crippen molar-refractivity contribution < 1.29 is 15.0 Å². The van der Waals surface area contributed by atoms with Crippen LogP contribution in [0.2, 0.25) is 0 Å². The first-order valence-corrected chi connectivity index (χ1v) is 4.87. The van der Waals surface area contributed by atoms with E-state index in [1.165, 1.54) is 13.0 Å². The van der Waals surface area contributed by atoms with Gasteiger partial charge < -0.3 is 15.5 Å². The van der Waals surface area contributed by atoms with Crippen molar-refractivity contribution in [3.8, 4) is 11.5 Å². The van der Waals surface area contributed by atoms with Gasteiger partial charge in [0.05, 0.1) is 5.69 Å². The molecule has 82 valence electrons. The van der Waals surface area contributed by atoms with Crippen LogP contribution in [0.25, 0.3) is 0 Å². The third kappa shape index (κ3) is 2.40. The Bertz CT molecular complexity index is 374. The summed E-state index contributed by atoms with van der Waals surface area (Å²) in [5.74, 6) is -0.733. The zero-order chi connectivity index (χ0) is 11.4. The number of benzene rings is 1. The molecule has 3 N–H and O–H groups in total. The zero-order valence-corrected chi connectivity index (χ0v) is 8.87. The molecule has 0 heterocycles. The van der Waals surface area contributed by atoms with Crippen LogP contribution in [0.15, 0.2) is 12.1 Å². The van der Waals surface area contributed by atoms with Gasteiger partial charge in [-0.25, -0.2) is 0 Å². The summed E-state index contributed by atoms with van der Waals surface area (Å²) in [6, 6.07) is 2.95. The van der Waals surface area contributed by atoms with Crippen LogP contribution in [0.1, 0.15) is 30.6 Å². The summed E-state index contributed by atoms with van der Waals surface area (Å²) in [5, 5.41) is 22.1. The van der Waals surface area contributed by atoms with Crippen LogP contribution in [0.3, 0.4) is 0 Å². The highest BCUT2D eigenvalue weighted by Crippen LogP contribution is 2.34. The number of rotatable bonds is 4. The maximum Gasteiger partial charge on any atom is 0.167 e. The van der Waals surface area contributed by atoms with E-state index >= 15 is 0 Å². The SMILES string of the molecule is CCCNc1ccc(O)c(C(C)=O)c1O. The Morgan fingerprint density at radius 1 is 1.40 bits per heavy atom. The molecule has 0 unspecified atom stereocenters. The molecule has 0 amide bonds. The first kappa shape index (κ1) is 11.4. The summed E-state index contributed by atoms with van der Waals surface area (Å²) in [4.78, 5) is 11.2. The lowest BCUT2D eigenvalue weighted by molar-refractivity contribution is 0.101. The Hall–Kier alpha value is -1.71. The molecular weight excluding hydrogens is 194 g/mol. The molecule has 0 aliphatic carbocycles. The number of nitrogens with one attached hydrogen (secondary N) is 1. The van der Waals surface area contributed by atoms with Gasteiger partial charge in [-0.2, -0.15) is 0 Å². The minimum Gasteiger partial charge on any atom is -0.507 e. The zero-order valence-electron chi connectivity index (χ0n) is 8.87. The molecule has 0 spiro atoms. The second kappa shape index (κ2) is 4.68. The van der Waals surface area contributed by atoms with Gasteiger partial charge in [-0.3, -0.25) is 4.79 Å². The van der Waals surface area contributed by atoms with Crippen molar-refractivity contribution >= 4 is 11.5 Å². The molecule has 0 aromatic heterocycles. The topological polar surface area (TPSA) is 69.6 Å². The highest BCUT2D eigenvalue weighted by molar-refractivity contribution is 6.01. The van der Waals surface area contributed by atoms with E-state index in [0.29, 0.717) is 12.2 Å². The number of hydrogen-bond acceptors (Lipinski definition) is 4. The molecule has 4 nitrogen and oxygen atoms in total. The molecule has 4 heteroatoms. The molecule has 1 aromatic rings. The molecule has 0 saturated heterocycles. The summed E-state index contributed by atoms with van der Waals surface area (Å²) >= 11 is 0. The summed E-state index contributed by atoms with van der Waals surface area (Å²) in [5.41, 5.74) is 0.441. The van der Waals surface area contributed by atoms with Gasteiger partial charge in [0, 0.05) is 6.54 Å². The van der Waals surface area contributed by atoms with Crippen LogP contribution >= 0.6 is 0 Å². The second-order valence-electron chi connectivity index (χ2n) is 3.34. The average molecular weight is 209 g/mol. The first-order chi connectivity index (χ1) is 7.07.